The minimum absolute atomic E-state index is 0.495. The number of benzene rings is 2. The van der Waals surface area contributed by atoms with Gasteiger partial charge in [0.2, 0.25) is 0 Å². The van der Waals surface area contributed by atoms with Crippen LogP contribution >= 0.6 is 0 Å². The molecule has 17 heavy (non-hydrogen) atoms. The fourth-order valence-electron chi connectivity index (χ4n) is 1.89. The Morgan fingerprint density at radius 3 is 2.47 bits per heavy atom. The summed E-state index contributed by atoms with van der Waals surface area (Å²) in [4.78, 5) is 0. The standard InChI is InChI=1S/C14H16OSe2/c1-3-16-12-9-5-7-11-8-6-10-13(14(11)12)17(15)4-2/h5-10H,3-4H2,1-2H3. The van der Waals surface area contributed by atoms with Gasteiger partial charge in [-0.15, -0.1) is 0 Å². The Kier molecular flexibility index (Phi) is 4.53. The SMILES string of the molecule is CC[Se]c1cccc2cccc([Se](=O)CC)c12. The molecule has 1 unspecified atom stereocenters. The molecule has 2 aromatic rings. The van der Waals surface area contributed by atoms with Crippen LogP contribution in [0.5, 0.6) is 0 Å². The van der Waals surface area contributed by atoms with Crippen molar-refractivity contribution in [3.63, 3.8) is 0 Å². The van der Waals surface area contributed by atoms with Gasteiger partial charge in [0, 0.05) is 0 Å². The van der Waals surface area contributed by atoms with E-state index in [4.69, 9.17) is 0 Å². The van der Waals surface area contributed by atoms with Gasteiger partial charge in [-0.2, -0.15) is 0 Å². The second kappa shape index (κ2) is 5.93. The van der Waals surface area contributed by atoms with Crippen LogP contribution in [0.15, 0.2) is 36.4 Å². The van der Waals surface area contributed by atoms with Gasteiger partial charge in [0.1, 0.15) is 0 Å². The Morgan fingerprint density at radius 1 is 1.12 bits per heavy atom. The Hall–Kier alpha value is -0.461. The van der Waals surface area contributed by atoms with E-state index in [-0.39, 0.29) is 0 Å². The van der Waals surface area contributed by atoms with Gasteiger partial charge in [-0.3, -0.25) is 0 Å². The monoisotopic (exact) mass is 360 g/mol. The van der Waals surface area contributed by atoms with Crippen molar-refractivity contribution in [1.29, 1.82) is 0 Å². The van der Waals surface area contributed by atoms with E-state index in [0.29, 0.717) is 15.0 Å². The molecule has 0 amide bonds. The van der Waals surface area contributed by atoms with Crippen molar-refractivity contribution in [2.45, 2.75) is 24.5 Å². The maximum absolute atomic E-state index is 12.2. The molecule has 0 heterocycles. The summed E-state index contributed by atoms with van der Waals surface area (Å²) >= 11 is -1.35. The van der Waals surface area contributed by atoms with Gasteiger partial charge in [-0.25, -0.2) is 0 Å². The molecule has 0 spiro atoms. The van der Waals surface area contributed by atoms with Crippen molar-refractivity contribution in [3.8, 4) is 0 Å². The first-order valence-electron chi connectivity index (χ1n) is 5.80. The molecule has 0 N–H and O–H groups in total. The van der Waals surface area contributed by atoms with Gasteiger partial charge >= 0.3 is 113 Å². The summed E-state index contributed by atoms with van der Waals surface area (Å²) in [7, 11) is 0. The summed E-state index contributed by atoms with van der Waals surface area (Å²) in [5.41, 5.74) is 0. The molecule has 2 aromatic carbocycles. The van der Waals surface area contributed by atoms with Crippen LogP contribution in [0.1, 0.15) is 13.8 Å². The summed E-state index contributed by atoms with van der Waals surface area (Å²) in [5.74, 6) is 0. The molecule has 1 nitrogen and oxygen atoms in total. The molecule has 0 fully saturated rings. The maximum atomic E-state index is 12.2. The van der Waals surface area contributed by atoms with Gasteiger partial charge in [-0.05, 0) is 0 Å². The second-order valence-electron chi connectivity index (χ2n) is 3.68. The molecule has 2 rings (SSSR count). The quantitative estimate of drug-likeness (QED) is 0.767. The Morgan fingerprint density at radius 2 is 1.82 bits per heavy atom. The molecule has 0 radical (unpaired) electrons. The van der Waals surface area contributed by atoms with Crippen molar-refractivity contribution in [2.75, 3.05) is 0 Å². The molecular weight excluding hydrogens is 342 g/mol. The van der Waals surface area contributed by atoms with Crippen molar-refractivity contribution in [2.24, 2.45) is 0 Å². The normalized spacial score (nSPS) is 12.8. The van der Waals surface area contributed by atoms with E-state index in [1.165, 1.54) is 20.6 Å². The van der Waals surface area contributed by atoms with Crippen LogP contribution < -0.4 is 8.92 Å². The molecular formula is C14H16OSe2. The zero-order chi connectivity index (χ0) is 12.3. The van der Waals surface area contributed by atoms with Crippen LogP contribution in [-0.2, 0) is 3.83 Å². The Bertz CT molecular complexity index is 544. The van der Waals surface area contributed by atoms with E-state index in [2.05, 4.69) is 37.3 Å². The van der Waals surface area contributed by atoms with Crippen LogP contribution in [0.2, 0.25) is 10.6 Å². The average Bonchev–Trinajstić information content (AvgIpc) is 2.38. The Labute approximate surface area is 113 Å². The fourth-order valence-corrected chi connectivity index (χ4v) is 6.11. The topological polar surface area (TPSA) is 17.1 Å². The van der Waals surface area contributed by atoms with Crippen LogP contribution in [0, 0.1) is 0 Å². The van der Waals surface area contributed by atoms with Crippen LogP contribution in [-0.4, -0.2) is 28.8 Å². The Balaban J connectivity index is 2.71. The van der Waals surface area contributed by atoms with E-state index < -0.39 is 13.8 Å². The number of hydrogen-bond donors (Lipinski definition) is 0. The molecule has 0 aromatic heterocycles. The zero-order valence-electron chi connectivity index (χ0n) is 10.1. The minimum atomic E-state index is -1.84. The van der Waals surface area contributed by atoms with Crippen LogP contribution in [0.25, 0.3) is 10.8 Å². The van der Waals surface area contributed by atoms with E-state index in [9.17, 15) is 3.83 Å². The predicted molar refractivity (Wildman–Crippen MR) is 76.4 cm³/mol. The fraction of sp³-hybridized carbons (Fsp3) is 0.286. The first-order chi connectivity index (χ1) is 8.27. The van der Waals surface area contributed by atoms with E-state index >= 15 is 0 Å². The number of rotatable bonds is 4. The van der Waals surface area contributed by atoms with Gasteiger partial charge in [0.15, 0.2) is 0 Å². The van der Waals surface area contributed by atoms with Crippen LogP contribution in [0.4, 0.5) is 0 Å². The van der Waals surface area contributed by atoms with Gasteiger partial charge in [0.05, 0.1) is 0 Å². The summed E-state index contributed by atoms with van der Waals surface area (Å²) in [5, 5.41) is 4.50. The van der Waals surface area contributed by atoms with Crippen LogP contribution in [0.3, 0.4) is 0 Å². The van der Waals surface area contributed by atoms with Crippen molar-refractivity contribution in [1.82, 2.24) is 0 Å². The molecule has 1 atom stereocenters. The molecule has 0 saturated carbocycles. The number of hydrogen-bond acceptors (Lipinski definition) is 1. The van der Waals surface area contributed by atoms with Gasteiger partial charge < -0.3 is 0 Å². The molecule has 0 aliphatic carbocycles. The van der Waals surface area contributed by atoms with Crippen molar-refractivity contribution >= 4 is 48.5 Å². The molecule has 0 bridgehead atoms. The van der Waals surface area contributed by atoms with E-state index in [1.54, 1.807) is 0 Å². The van der Waals surface area contributed by atoms with Crippen molar-refractivity contribution < 1.29 is 3.83 Å². The number of fused-ring (bicyclic) bond motifs is 1. The average molecular weight is 358 g/mol. The molecule has 0 saturated heterocycles. The molecule has 0 aliphatic heterocycles. The molecule has 0 aliphatic rings. The van der Waals surface area contributed by atoms with Gasteiger partial charge in [-0.1, -0.05) is 0 Å². The summed E-state index contributed by atoms with van der Waals surface area (Å²) in [6, 6.07) is 12.7. The second-order valence-corrected chi connectivity index (χ2v) is 10.0. The first-order valence-corrected chi connectivity index (χ1v) is 10.6. The third-order valence-corrected chi connectivity index (χ3v) is 7.45. The van der Waals surface area contributed by atoms with E-state index in [1.807, 2.05) is 13.0 Å². The summed E-state index contributed by atoms with van der Waals surface area (Å²) in [6.45, 7) is 4.23. The summed E-state index contributed by atoms with van der Waals surface area (Å²) in [6.07, 6.45) is 0. The molecule has 90 valence electrons. The van der Waals surface area contributed by atoms with Crippen molar-refractivity contribution in [3.05, 3.63) is 36.4 Å². The molecule has 3 heteroatoms. The van der Waals surface area contributed by atoms with Gasteiger partial charge in [0.25, 0.3) is 0 Å². The zero-order valence-corrected chi connectivity index (χ0v) is 13.5. The first kappa shape index (κ1) is 13.0. The predicted octanol–water partition coefficient (Wildman–Crippen LogP) is 2.26. The third kappa shape index (κ3) is 2.69. The summed E-state index contributed by atoms with van der Waals surface area (Å²) < 4.78 is 14.7. The third-order valence-electron chi connectivity index (χ3n) is 2.64. The van der Waals surface area contributed by atoms with E-state index in [0.717, 1.165) is 9.78 Å².